The maximum absolute atomic E-state index is 12.5. The molecule has 0 aliphatic rings. The van der Waals surface area contributed by atoms with Crippen LogP contribution in [-0.4, -0.2) is 34.2 Å². The number of hydrogen-bond acceptors (Lipinski definition) is 6. The molecule has 0 heterocycles. The number of anilines is 1. The van der Waals surface area contributed by atoms with Gasteiger partial charge in [0.15, 0.2) is 0 Å². The number of aromatic hydroxyl groups is 1. The smallest absolute Gasteiger partial charge is 0.269 e. The Morgan fingerprint density at radius 2 is 2.00 bits per heavy atom. The van der Waals surface area contributed by atoms with Crippen molar-refractivity contribution in [2.45, 2.75) is 19.1 Å². The van der Waals surface area contributed by atoms with Gasteiger partial charge in [-0.3, -0.25) is 20.4 Å². The number of hydrogen-bond donors (Lipinski definition) is 5. The Balaban J connectivity index is 2.15. The quantitative estimate of drug-likeness (QED) is 0.460. The van der Waals surface area contributed by atoms with Crippen LogP contribution < -0.4 is 16.2 Å². The van der Waals surface area contributed by atoms with Crippen molar-refractivity contribution >= 4 is 35.2 Å². The summed E-state index contributed by atoms with van der Waals surface area (Å²) in [7, 11) is 0. The van der Waals surface area contributed by atoms with Gasteiger partial charge in [0.1, 0.15) is 17.9 Å². The van der Waals surface area contributed by atoms with Gasteiger partial charge in [-0.1, -0.05) is 30.3 Å². The SMILES string of the molecule is C=Cc1c(N[C@@H](C(=O)NNC(=O)c2cccc(O)c2)[C@H](C)O)ccc(C#N)c1Cl. The number of hydrazine groups is 1. The molecule has 2 aromatic rings. The fourth-order valence-electron chi connectivity index (χ4n) is 2.49. The van der Waals surface area contributed by atoms with Gasteiger partial charge in [0.05, 0.1) is 16.7 Å². The van der Waals surface area contributed by atoms with Gasteiger partial charge >= 0.3 is 0 Å². The van der Waals surface area contributed by atoms with Crippen LogP contribution >= 0.6 is 11.6 Å². The predicted octanol–water partition coefficient (Wildman–Crippen LogP) is 2.18. The van der Waals surface area contributed by atoms with E-state index in [4.69, 9.17) is 16.9 Å². The number of phenols is 1. The van der Waals surface area contributed by atoms with Gasteiger partial charge in [-0.05, 0) is 37.3 Å². The first-order chi connectivity index (χ1) is 13.8. The Morgan fingerprint density at radius 1 is 1.28 bits per heavy atom. The number of phenolic OH excluding ortho intramolecular Hbond substituents is 1. The monoisotopic (exact) mass is 414 g/mol. The Hall–Kier alpha value is -3.54. The summed E-state index contributed by atoms with van der Waals surface area (Å²) in [6.45, 7) is 5.05. The lowest BCUT2D eigenvalue weighted by atomic mass is 10.1. The van der Waals surface area contributed by atoms with Crippen molar-refractivity contribution in [3.8, 4) is 11.8 Å². The molecule has 0 radical (unpaired) electrons. The van der Waals surface area contributed by atoms with Crippen LogP contribution in [0.15, 0.2) is 43.0 Å². The highest BCUT2D eigenvalue weighted by atomic mass is 35.5. The van der Waals surface area contributed by atoms with E-state index in [0.29, 0.717) is 11.3 Å². The number of nitriles is 1. The molecule has 9 heteroatoms. The summed E-state index contributed by atoms with van der Waals surface area (Å²) in [6.07, 6.45) is 0.284. The maximum atomic E-state index is 12.5. The average molecular weight is 415 g/mol. The molecule has 150 valence electrons. The molecule has 0 aromatic heterocycles. The van der Waals surface area contributed by atoms with E-state index in [1.54, 1.807) is 0 Å². The minimum atomic E-state index is -1.15. The summed E-state index contributed by atoms with van der Waals surface area (Å²) < 4.78 is 0. The van der Waals surface area contributed by atoms with Gasteiger partial charge in [0.25, 0.3) is 11.8 Å². The normalized spacial score (nSPS) is 12.2. The van der Waals surface area contributed by atoms with Crippen LogP contribution in [0, 0.1) is 11.3 Å². The Bertz CT molecular complexity index is 985. The van der Waals surface area contributed by atoms with Gasteiger partial charge < -0.3 is 15.5 Å². The molecule has 0 bridgehead atoms. The fourth-order valence-corrected chi connectivity index (χ4v) is 2.78. The van der Waals surface area contributed by atoms with Crippen LogP contribution in [-0.2, 0) is 4.79 Å². The lowest BCUT2D eigenvalue weighted by Gasteiger charge is -2.23. The van der Waals surface area contributed by atoms with E-state index in [1.807, 2.05) is 6.07 Å². The third-order valence-electron chi connectivity index (χ3n) is 3.99. The summed E-state index contributed by atoms with van der Waals surface area (Å²) in [5.41, 5.74) is 5.59. The third-order valence-corrected chi connectivity index (χ3v) is 4.40. The lowest BCUT2D eigenvalue weighted by Crippen LogP contribution is -2.52. The number of nitrogens with zero attached hydrogens (tertiary/aromatic N) is 1. The van der Waals surface area contributed by atoms with Crippen LogP contribution in [0.25, 0.3) is 6.08 Å². The molecular formula is C20H19ClN4O4. The zero-order chi connectivity index (χ0) is 21.6. The van der Waals surface area contributed by atoms with Crippen LogP contribution in [0.5, 0.6) is 5.75 Å². The predicted molar refractivity (Wildman–Crippen MR) is 109 cm³/mol. The number of nitrogens with one attached hydrogen (secondary N) is 3. The highest BCUT2D eigenvalue weighted by Gasteiger charge is 2.25. The number of amides is 2. The first kappa shape index (κ1) is 21.8. The molecule has 0 fully saturated rings. The number of benzene rings is 2. The topological polar surface area (TPSA) is 134 Å². The number of aliphatic hydroxyl groups excluding tert-OH is 1. The first-order valence-electron chi connectivity index (χ1n) is 8.47. The fraction of sp³-hybridized carbons (Fsp3) is 0.150. The van der Waals surface area contributed by atoms with Crippen LogP contribution in [0.1, 0.15) is 28.4 Å². The second-order valence-corrected chi connectivity index (χ2v) is 6.44. The van der Waals surface area contributed by atoms with Gasteiger partial charge in [0, 0.05) is 16.8 Å². The molecule has 2 rings (SSSR count). The molecule has 0 unspecified atom stereocenters. The van der Waals surface area contributed by atoms with Crippen molar-refractivity contribution in [3.05, 3.63) is 64.7 Å². The minimum absolute atomic E-state index is 0.0952. The second-order valence-electron chi connectivity index (χ2n) is 6.06. The van der Waals surface area contributed by atoms with Gasteiger partial charge in [-0.15, -0.1) is 0 Å². The molecule has 29 heavy (non-hydrogen) atoms. The van der Waals surface area contributed by atoms with E-state index < -0.39 is 24.0 Å². The van der Waals surface area contributed by atoms with E-state index in [-0.39, 0.29) is 21.9 Å². The minimum Gasteiger partial charge on any atom is -0.508 e. The van der Waals surface area contributed by atoms with Crippen molar-refractivity contribution in [1.82, 2.24) is 10.9 Å². The Morgan fingerprint density at radius 3 is 2.59 bits per heavy atom. The second kappa shape index (κ2) is 9.59. The standard InChI is InChI=1S/C20H19ClN4O4/c1-3-15-16(8-7-13(10-22)17(15)21)23-18(11(2)26)20(29)25-24-19(28)12-5-4-6-14(27)9-12/h3-9,11,18,23,26-27H,1H2,2H3,(H,24,28)(H,25,29)/t11-,18+/m0/s1. The lowest BCUT2D eigenvalue weighted by molar-refractivity contribution is -0.124. The molecule has 8 nitrogen and oxygen atoms in total. The average Bonchev–Trinajstić information content (AvgIpc) is 2.69. The molecular weight excluding hydrogens is 396 g/mol. The maximum Gasteiger partial charge on any atom is 0.269 e. The van der Waals surface area contributed by atoms with Crippen LogP contribution in [0.4, 0.5) is 5.69 Å². The third kappa shape index (κ3) is 5.25. The highest BCUT2D eigenvalue weighted by molar-refractivity contribution is 6.33. The Kier molecular flexibility index (Phi) is 7.20. The van der Waals surface area contributed by atoms with Crippen LogP contribution in [0.3, 0.4) is 0 Å². The first-order valence-corrected chi connectivity index (χ1v) is 8.85. The number of carbonyl (C=O) groups is 2. The molecule has 2 aromatic carbocycles. The van der Waals surface area contributed by atoms with Gasteiger partial charge in [-0.2, -0.15) is 5.26 Å². The number of rotatable bonds is 6. The van der Waals surface area contributed by atoms with Crippen molar-refractivity contribution < 1.29 is 19.8 Å². The van der Waals surface area contributed by atoms with Crippen molar-refractivity contribution in [1.29, 1.82) is 5.26 Å². The number of aliphatic hydroxyl groups is 1. The molecule has 2 atom stereocenters. The number of halogens is 1. The van der Waals surface area contributed by atoms with Gasteiger partial charge in [-0.25, -0.2) is 0 Å². The highest BCUT2D eigenvalue weighted by Crippen LogP contribution is 2.29. The van der Waals surface area contributed by atoms with Gasteiger partial charge in [0.2, 0.25) is 0 Å². The van der Waals surface area contributed by atoms with Crippen molar-refractivity contribution in [2.75, 3.05) is 5.32 Å². The summed E-state index contributed by atoms with van der Waals surface area (Å²) in [5, 5.41) is 31.5. The molecule has 0 aliphatic carbocycles. The van der Waals surface area contributed by atoms with E-state index in [2.05, 4.69) is 22.7 Å². The van der Waals surface area contributed by atoms with Crippen LogP contribution in [0.2, 0.25) is 5.02 Å². The summed E-state index contributed by atoms with van der Waals surface area (Å²) in [4.78, 5) is 24.6. The molecule has 2 amide bonds. The molecule has 0 saturated heterocycles. The van der Waals surface area contributed by atoms with Crippen molar-refractivity contribution in [3.63, 3.8) is 0 Å². The largest absolute Gasteiger partial charge is 0.508 e. The molecule has 0 saturated carbocycles. The zero-order valence-corrected chi connectivity index (χ0v) is 16.2. The zero-order valence-electron chi connectivity index (χ0n) is 15.4. The summed E-state index contributed by atoms with van der Waals surface area (Å²) in [5.74, 6) is -1.46. The van der Waals surface area contributed by atoms with E-state index >= 15 is 0 Å². The number of carbonyl (C=O) groups excluding carboxylic acids is 2. The van der Waals surface area contributed by atoms with E-state index in [0.717, 1.165) is 0 Å². The molecule has 0 aliphatic heterocycles. The van der Waals surface area contributed by atoms with E-state index in [1.165, 1.54) is 49.4 Å². The Labute approximate surface area is 172 Å². The summed E-state index contributed by atoms with van der Waals surface area (Å²) in [6, 6.07) is 9.39. The van der Waals surface area contributed by atoms with Crippen molar-refractivity contribution in [2.24, 2.45) is 0 Å². The van der Waals surface area contributed by atoms with E-state index in [9.17, 15) is 19.8 Å². The molecule has 0 spiro atoms. The summed E-state index contributed by atoms with van der Waals surface area (Å²) >= 11 is 6.17. The molecule has 5 N–H and O–H groups in total.